The molecule has 0 spiro atoms. The van der Waals surface area contributed by atoms with Gasteiger partial charge in [-0.1, -0.05) is 6.92 Å². The van der Waals surface area contributed by atoms with Crippen molar-refractivity contribution in [2.24, 2.45) is 11.8 Å². The summed E-state index contributed by atoms with van der Waals surface area (Å²) in [5, 5.41) is 9.06. The number of thiophene rings is 1. The summed E-state index contributed by atoms with van der Waals surface area (Å²) in [7, 11) is -3.39. The molecule has 2 atom stereocenters. The van der Waals surface area contributed by atoms with Gasteiger partial charge in [-0.15, -0.1) is 11.3 Å². The fourth-order valence-corrected chi connectivity index (χ4v) is 4.34. The van der Waals surface area contributed by atoms with Gasteiger partial charge in [0, 0.05) is 11.4 Å². The van der Waals surface area contributed by atoms with E-state index in [1.54, 1.807) is 6.07 Å². The highest BCUT2D eigenvalue weighted by Gasteiger charge is 2.33. The van der Waals surface area contributed by atoms with E-state index in [9.17, 15) is 8.42 Å². The molecule has 1 aliphatic rings. The molecule has 1 saturated carbocycles. The highest BCUT2D eigenvalue weighted by Crippen LogP contribution is 2.37. The molecule has 2 unspecified atom stereocenters. The van der Waals surface area contributed by atoms with E-state index < -0.39 is 10.0 Å². The van der Waals surface area contributed by atoms with Gasteiger partial charge in [-0.25, -0.2) is 13.1 Å². The Bertz CT molecular complexity index is 507. The highest BCUT2D eigenvalue weighted by atomic mass is 32.2. The second-order valence-corrected chi connectivity index (χ2v) is 7.79. The minimum absolute atomic E-state index is 0.105. The van der Waals surface area contributed by atoms with E-state index >= 15 is 0 Å². The quantitative estimate of drug-likeness (QED) is 0.855. The van der Waals surface area contributed by atoms with E-state index in [-0.39, 0.29) is 6.61 Å². The Labute approximate surface area is 106 Å². The van der Waals surface area contributed by atoms with Crippen molar-refractivity contribution in [3.63, 3.8) is 0 Å². The normalized spacial score (nSPS) is 23.9. The van der Waals surface area contributed by atoms with Crippen LogP contribution in [0.1, 0.15) is 23.8 Å². The predicted octanol–water partition coefficient (Wildman–Crippen LogP) is 1.48. The molecule has 96 valence electrons. The Morgan fingerprint density at radius 2 is 2.24 bits per heavy atom. The number of hydrogen-bond acceptors (Lipinski definition) is 4. The maximum atomic E-state index is 12.0. The van der Waals surface area contributed by atoms with E-state index in [4.69, 9.17) is 5.11 Å². The molecule has 1 aromatic heterocycles. The molecular weight excluding hydrogens is 258 g/mol. The molecule has 4 nitrogen and oxygen atoms in total. The van der Waals surface area contributed by atoms with Crippen LogP contribution >= 0.6 is 11.3 Å². The van der Waals surface area contributed by atoms with Crippen LogP contribution in [-0.2, 0) is 16.6 Å². The SMILES string of the molecule is Cc1cc(S(=O)(=O)NCC2CC2C)sc1CO. The summed E-state index contributed by atoms with van der Waals surface area (Å²) in [6.45, 7) is 4.35. The van der Waals surface area contributed by atoms with Gasteiger partial charge in [0.1, 0.15) is 4.21 Å². The molecule has 1 aliphatic carbocycles. The van der Waals surface area contributed by atoms with Gasteiger partial charge in [-0.3, -0.25) is 0 Å². The van der Waals surface area contributed by atoms with Crippen molar-refractivity contribution in [2.45, 2.75) is 31.1 Å². The number of aliphatic hydroxyl groups is 1. The zero-order valence-electron chi connectivity index (χ0n) is 9.93. The second kappa shape index (κ2) is 4.68. The largest absolute Gasteiger partial charge is 0.391 e. The first-order valence-corrected chi connectivity index (χ1v) is 7.94. The number of nitrogens with one attached hydrogen (secondary N) is 1. The second-order valence-electron chi connectivity index (χ2n) is 4.65. The van der Waals surface area contributed by atoms with Gasteiger partial charge < -0.3 is 5.11 Å². The van der Waals surface area contributed by atoms with Crippen molar-refractivity contribution < 1.29 is 13.5 Å². The Hall–Kier alpha value is -0.430. The molecule has 6 heteroatoms. The van der Waals surface area contributed by atoms with Crippen LogP contribution in [0.4, 0.5) is 0 Å². The summed E-state index contributed by atoms with van der Waals surface area (Å²) >= 11 is 1.14. The van der Waals surface area contributed by atoms with Crippen LogP contribution in [0.2, 0.25) is 0 Å². The van der Waals surface area contributed by atoms with Gasteiger partial charge in [0.05, 0.1) is 6.61 Å². The molecule has 2 rings (SSSR count). The molecule has 0 saturated heterocycles. The molecule has 0 aliphatic heterocycles. The van der Waals surface area contributed by atoms with Crippen molar-refractivity contribution in [2.75, 3.05) is 6.54 Å². The standard InChI is InChI=1S/C11H17NO3S2/c1-7-3-9(7)5-12-17(14,15)11-4-8(2)10(6-13)16-11/h4,7,9,12-13H,3,5-6H2,1-2H3. The van der Waals surface area contributed by atoms with Crippen LogP contribution in [0, 0.1) is 18.8 Å². The Morgan fingerprint density at radius 1 is 1.59 bits per heavy atom. The summed E-state index contributed by atoms with van der Waals surface area (Å²) in [6, 6.07) is 1.62. The average Bonchev–Trinajstić information content (AvgIpc) is 2.83. The molecule has 0 bridgehead atoms. The molecule has 17 heavy (non-hydrogen) atoms. The molecule has 1 fully saturated rings. The van der Waals surface area contributed by atoms with E-state index in [0.717, 1.165) is 23.3 Å². The molecule has 1 heterocycles. The Kier molecular flexibility index (Phi) is 3.58. The van der Waals surface area contributed by atoms with Crippen molar-refractivity contribution in [1.82, 2.24) is 4.72 Å². The van der Waals surface area contributed by atoms with E-state index in [1.807, 2.05) is 6.92 Å². The fraction of sp³-hybridized carbons (Fsp3) is 0.636. The topological polar surface area (TPSA) is 66.4 Å². The van der Waals surface area contributed by atoms with E-state index in [0.29, 0.717) is 27.5 Å². The average molecular weight is 275 g/mol. The molecule has 0 radical (unpaired) electrons. The smallest absolute Gasteiger partial charge is 0.250 e. The van der Waals surface area contributed by atoms with E-state index in [1.165, 1.54) is 0 Å². The van der Waals surface area contributed by atoms with Crippen LogP contribution in [0.15, 0.2) is 10.3 Å². The van der Waals surface area contributed by atoms with Gasteiger partial charge in [-0.2, -0.15) is 0 Å². The van der Waals surface area contributed by atoms with Gasteiger partial charge in [0.25, 0.3) is 0 Å². The first-order valence-electron chi connectivity index (χ1n) is 5.64. The lowest BCUT2D eigenvalue weighted by molar-refractivity contribution is 0.285. The third kappa shape index (κ3) is 2.88. The maximum absolute atomic E-state index is 12.0. The molecule has 1 aromatic rings. The summed E-state index contributed by atoms with van der Waals surface area (Å²) in [6.07, 6.45) is 1.11. The molecule has 2 N–H and O–H groups in total. The summed E-state index contributed by atoms with van der Waals surface area (Å²) in [5.41, 5.74) is 0.831. The lowest BCUT2D eigenvalue weighted by Crippen LogP contribution is -2.25. The van der Waals surface area contributed by atoms with E-state index in [2.05, 4.69) is 11.6 Å². The zero-order valence-corrected chi connectivity index (χ0v) is 11.6. The van der Waals surface area contributed by atoms with Crippen LogP contribution in [-0.4, -0.2) is 20.1 Å². The van der Waals surface area contributed by atoms with Crippen molar-refractivity contribution in [3.05, 3.63) is 16.5 Å². The molecule has 0 amide bonds. The van der Waals surface area contributed by atoms with Crippen molar-refractivity contribution >= 4 is 21.4 Å². The van der Waals surface area contributed by atoms with Gasteiger partial charge in [-0.05, 0) is 36.8 Å². The number of aryl methyl sites for hydroxylation is 1. The van der Waals surface area contributed by atoms with Crippen LogP contribution in [0.3, 0.4) is 0 Å². The first-order chi connectivity index (χ1) is 7.94. The zero-order chi connectivity index (χ0) is 12.6. The third-order valence-electron chi connectivity index (χ3n) is 3.22. The van der Waals surface area contributed by atoms with Gasteiger partial charge in [0.2, 0.25) is 10.0 Å². The monoisotopic (exact) mass is 275 g/mol. The van der Waals surface area contributed by atoms with Crippen molar-refractivity contribution in [1.29, 1.82) is 0 Å². The third-order valence-corrected chi connectivity index (χ3v) is 6.34. The molecule has 0 aromatic carbocycles. The van der Waals surface area contributed by atoms with Crippen LogP contribution in [0.25, 0.3) is 0 Å². The maximum Gasteiger partial charge on any atom is 0.250 e. The summed E-state index contributed by atoms with van der Waals surface area (Å²) < 4.78 is 26.9. The minimum atomic E-state index is -3.39. The number of aliphatic hydroxyl groups excluding tert-OH is 1. The fourth-order valence-electron chi connectivity index (χ4n) is 1.75. The summed E-state index contributed by atoms with van der Waals surface area (Å²) in [4.78, 5) is 0.713. The van der Waals surface area contributed by atoms with Gasteiger partial charge >= 0.3 is 0 Å². The van der Waals surface area contributed by atoms with Crippen molar-refractivity contribution in [3.8, 4) is 0 Å². The Morgan fingerprint density at radius 3 is 2.71 bits per heavy atom. The van der Waals surface area contributed by atoms with Crippen LogP contribution < -0.4 is 4.72 Å². The Balaban J connectivity index is 2.08. The minimum Gasteiger partial charge on any atom is -0.391 e. The molecular formula is C11H17NO3S2. The summed E-state index contributed by atoms with van der Waals surface area (Å²) in [5.74, 6) is 1.12. The lowest BCUT2D eigenvalue weighted by atomic mass is 10.3. The predicted molar refractivity (Wildman–Crippen MR) is 67.4 cm³/mol. The number of hydrogen-bond donors (Lipinski definition) is 2. The van der Waals surface area contributed by atoms with Crippen LogP contribution in [0.5, 0.6) is 0 Å². The highest BCUT2D eigenvalue weighted by molar-refractivity contribution is 7.91. The first kappa shape index (κ1) is 13.0. The number of sulfonamides is 1. The van der Waals surface area contributed by atoms with Gasteiger partial charge in [0.15, 0.2) is 0 Å². The number of rotatable bonds is 5. The lowest BCUT2D eigenvalue weighted by Gasteiger charge is -2.03.